The molecule has 2 aromatic carbocycles. The lowest BCUT2D eigenvalue weighted by Gasteiger charge is -2.06. The van der Waals surface area contributed by atoms with Crippen molar-refractivity contribution in [1.82, 2.24) is 19.6 Å². The number of fused-ring (bicyclic) bond motifs is 3. The first-order valence-corrected chi connectivity index (χ1v) is 7.51. The summed E-state index contributed by atoms with van der Waals surface area (Å²) in [5.41, 5.74) is 5.64. The predicted octanol–water partition coefficient (Wildman–Crippen LogP) is 2.44. The molecule has 0 saturated heterocycles. The van der Waals surface area contributed by atoms with E-state index in [-0.39, 0.29) is 5.75 Å². The lowest BCUT2D eigenvalue weighted by molar-refractivity contribution is 0.373. The van der Waals surface area contributed by atoms with Gasteiger partial charge < -0.3 is 9.84 Å². The molecule has 2 heterocycles. The van der Waals surface area contributed by atoms with Crippen LogP contribution in [0.4, 0.5) is 5.82 Å². The second-order valence-electron chi connectivity index (χ2n) is 5.24. The molecule has 0 unspecified atom stereocenters. The second kappa shape index (κ2) is 6.08. The summed E-state index contributed by atoms with van der Waals surface area (Å²) in [4.78, 5) is 4.53. The first-order valence-electron chi connectivity index (χ1n) is 7.51. The van der Waals surface area contributed by atoms with Crippen LogP contribution in [0.2, 0.25) is 0 Å². The Kier molecular flexibility index (Phi) is 3.62. The number of hydrazone groups is 1. The smallest absolute Gasteiger partial charge is 0.205 e. The van der Waals surface area contributed by atoms with Gasteiger partial charge in [-0.2, -0.15) is 5.10 Å². The Morgan fingerprint density at radius 2 is 2.08 bits per heavy atom. The molecular weight excluding hydrogens is 320 g/mol. The fraction of sp³-hybridized carbons (Fsp3) is 0.0588. The number of anilines is 1. The molecule has 0 aliphatic rings. The van der Waals surface area contributed by atoms with E-state index in [0.717, 1.165) is 11.0 Å². The molecule has 2 N–H and O–H groups in total. The largest absolute Gasteiger partial charge is 0.504 e. The third-order valence-corrected chi connectivity index (χ3v) is 3.76. The van der Waals surface area contributed by atoms with Crippen LogP contribution in [0, 0.1) is 0 Å². The second-order valence-corrected chi connectivity index (χ2v) is 5.24. The fourth-order valence-electron chi connectivity index (χ4n) is 2.55. The van der Waals surface area contributed by atoms with Gasteiger partial charge in [-0.05, 0) is 24.3 Å². The normalized spacial score (nSPS) is 11.4. The molecular formula is C17H14N6O2. The van der Waals surface area contributed by atoms with E-state index in [4.69, 9.17) is 4.74 Å². The Labute approximate surface area is 142 Å². The zero-order valence-corrected chi connectivity index (χ0v) is 13.3. The number of rotatable bonds is 4. The Bertz CT molecular complexity index is 1090. The maximum absolute atomic E-state index is 10.1. The van der Waals surface area contributed by atoms with Crippen molar-refractivity contribution >= 4 is 28.7 Å². The predicted molar refractivity (Wildman–Crippen MR) is 94.2 cm³/mol. The minimum atomic E-state index is 0.0228. The minimum absolute atomic E-state index is 0.0228. The van der Waals surface area contributed by atoms with Gasteiger partial charge in [0, 0.05) is 5.56 Å². The number of benzene rings is 2. The number of hydrogen-bond acceptors (Lipinski definition) is 7. The molecule has 8 heteroatoms. The number of ether oxygens (including phenoxy) is 1. The molecule has 0 bridgehead atoms. The Hall–Kier alpha value is -3.68. The molecule has 0 amide bonds. The van der Waals surface area contributed by atoms with Crippen LogP contribution < -0.4 is 10.2 Å². The summed E-state index contributed by atoms with van der Waals surface area (Å²) in [7, 11) is 1.50. The molecule has 4 aromatic rings. The number of methoxy groups -OCH3 is 1. The molecule has 124 valence electrons. The number of phenolic OH excluding ortho intramolecular Hbond substituents is 1. The summed E-state index contributed by atoms with van der Waals surface area (Å²) in [5, 5.41) is 22.3. The van der Waals surface area contributed by atoms with Crippen molar-refractivity contribution in [3.63, 3.8) is 0 Å². The van der Waals surface area contributed by atoms with Crippen LogP contribution in [0.15, 0.2) is 53.9 Å². The molecule has 8 nitrogen and oxygen atoms in total. The number of nitrogens with zero attached hydrogens (tertiary/aromatic N) is 5. The van der Waals surface area contributed by atoms with E-state index < -0.39 is 0 Å². The van der Waals surface area contributed by atoms with Gasteiger partial charge in [-0.15, -0.1) is 10.2 Å². The van der Waals surface area contributed by atoms with E-state index in [1.807, 2.05) is 28.7 Å². The van der Waals surface area contributed by atoms with Gasteiger partial charge in [0.05, 0.1) is 24.4 Å². The van der Waals surface area contributed by atoms with Crippen LogP contribution in [-0.2, 0) is 0 Å². The van der Waals surface area contributed by atoms with Crippen LogP contribution in [0.25, 0.3) is 16.7 Å². The van der Waals surface area contributed by atoms with E-state index in [2.05, 4.69) is 25.7 Å². The molecule has 0 spiro atoms. The van der Waals surface area contributed by atoms with Crippen molar-refractivity contribution < 1.29 is 9.84 Å². The van der Waals surface area contributed by atoms with E-state index in [9.17, 15) is 5.11 Å². The van der Waals surface area contributed by atoms with Gasteiger partial charge in [0.25, 0.3) is 0 Å². The molecule has 4 rings (SSSR count). The number of aromatic hydroxyl groups is 1. The Morgan fingerprint density at radius 3 is 2.96 bits per heavy atom. The monoisotopic (exact) mass is 334 g/mol. The van der Waals surface area contributed by atoms with Crippen molar-refractivity contribution in [1.29, 1.82) is 0 Å². The van der Waals surface area contributed by atoms with Gasteiger partial charge in [-0.3, -0.25) is 9.83 Å². The number of nitrogens with one attached hydrogen (secondary N) is 1. The van der Waals surface area contributed by atoms with Gasteiger partial charge in [0.2, 0.25) is 5.65 Å². The van der Waals surface area contributed by atoms with E-state index in [1.165, 1.54) is 13.3 Å². The topological polar surface area (TPSA) is 96.9 Å². The van der Waals surface area contributed by atoms with Crippen molar-refractivity contribution in [2.45, 2.75) is 0 Å². The average Bonchev–Trinajstić information content (AvgIpc) is 3.13. The third kappa shape index (κ3) is 2.59. The summed E-state index contributed by atoms with van der Waals surface area (Å²) < 4.78 is 6.92. The van der Waals surface area contributed by atoms with Crippen LogP contribution in [0.3, 0.4) is 0 Å². The van der Waals surface area contributed by atoms with Crippen LogP contribution in [0.1, 0.15) is 5.56 Å². The molecule has 0 saturated carbocycles. The van der Waals surface area contributed by atoms with Gasteiger partial charge in [0.1, 0.15) is 6.33 Å². The molecule has 25 heavy (non-hydrogen) atoms. The Balaban J connectivity index is 1.70. The minimum Gasteiger partial charge on any atom is -0.504 e. The quantitative estimate of drug-likeness (QED) is 0.439. The zero-order chi connectivity index (χ0) is 17.2. The molecule has 2 aromatic heterocycles. The highest BCUT2D eigenvalue weighted by Crippen LogP contribution is 2.28. The van der Waals surface area contributed by atoms with Gasteiger partial charge >= 0.3 is 0 Å². The summed E-state index contributed by atoms with van der Waals surface area (Å²) in [6.45, 7) is 0. The number of para-hydroxylation sites is 3. The first kappa shape index (κ1) is 14.9. The molecule has 0 aliphatic carbocycles. The van der Waals surface area contributed by atoms with Gasteiger partial charge in [0.15, 0.2) is 17.3 Å². The van der Waals surface area contributed by atoms with Gasteiger partial charge in [-0.25, -0.2) is 4.98 Å². The number of hydrogen-bond donors (Lipinski definition) is 2. The van der Waals surface area contributed by atoms with Crippen LogP contribution >= 0.6 is 0 Å². The highest BCUT2D eigenvalue weighted by Gasteiger charge is 2.09. The van der Waals surface area contributed by atoms with Gasteiger partial charge in [-0.1, -0.05) is 18.2 Å². The first-order chi connectivity index (χ1) is 12.3. The maximum atomic E-state index is 10.1. The summed E-state index contributed by atoms with van der Waals surface area (Å²) in [6, 6.07) is 12.9. The Morgan fingerprint density at radius 1 is 1.20 bits per heavy atom. The highest BCUT2D eigenvalue weighted by molar-refractivity contribution is 5.86. The highest BCUT2D eigenvalue weighted by atomic mass is 16.5. The van der Waals surface area contributed by atoms with Crippen molar-refractivity contribution in [3.05, 3.63) is 54.4 Å². The fourth-order valence-corrected chi connectivity index (χ4v) is 2.55. The van der Waals surface area contributed by atoms with Crippen molar-refractivity contribution in [2.24, 2.45) is 5.10 Å². The number of phenols is 1. The lowest BCUT2D eigenvalue weighted by atomic mass is 10.2. The zero-order valence-electron chi connectivity index (χ0n) is 13.3. The van der Waals surface area contributed by atoms with E-state index in [1.54, 1.807) is 24.5 Å². The lowest BCUT2D eigenvalue weighted by Crippen LogP contribution is -2.00. The molecule has 0 aliphatic heterocycles. The van der Waals surface area contributed by atoms with Crippen molar-refractivity contribution in [2.75, 3.05) is 12.5 Å². The molecule has 0 fully saturated rings. The summed E-state index contributed by atoms with van der Waals surface area (Å²) in [6.07, 6.45) is 3.11. The van der Waals surface area contributed by atoms with E-state index >= 15 is 0 Å². The third-order valence-electron chi connectivity index (χ3n) is 3.76. The summed E-state index contributed by atoms with van der Waals surface area (Å²) >= 11 is 0. The average molecular weight is 334 g/mol. The SMILES string of the molecule is COc1cccc(/C=N/Nc2nc3ccccc3n3cnnc23)c1O. The van der Waals surface area contributed by atoms with Crippen LogP contribution in [0.5, 0.6) is 11.5 Å². The van der Waals surface area contributed by atoms with Crippen molar-refractivity contribution in [3.8, 4) is 11.5 Å². The standard InChI is InChI=1S/C17H14N6O2/c1-25-14-8-4-5-11(15(14)24)9-18-21-16-17-22-19-10-23(17)13-7-3-2-6-12(13)20-16/h2-10,24H,1H3,(H,20,21)/b18-9+. The van der Waals surface area contributed by atoms with E-state index in [0.29, 0.717) is 22.8 Å². The maximum Gasteiger partial charge on any atom is 0.205 e. The van der Waals surface area contributed by atoms with Crippen LogP contribution in [-0.4, -0.2) is 38.0 Å². The molecule has 0 radical (unpaired) electrons. The summed E-state index contributed by atoms with van der Waals surface area (Å²) in [5.74, 6) is 0.872. The molecule has 0 atom stereocenters. The number of aromatic nitrogens is 4.